The van der Waals surface area contributed by atoms with Crippen LogP contribution in [0.2, 0.25) is 0 Å². The van der Waals surface area contributed by atoms with Crippen LogP contribution in [0.3, 0.4) is 0 Å². The molecule has 0 spiro atoms. The van der Waals surface area contributed by atoms with Crippen LogP contribution in [-0.2, 0) is 71.8 Å². The number of hydrogen-bond donors (Lipinski definition) is 6. The Hall–Kier alpha value is -5.79. The molecule has 510 valence electrons. The van der Waals surface area contributed by atoms with Gasteiger partial charge >= 0.3 is 17.9 Å². The average Bonchev–Trinajstić information content (AvgIpc) is 1.26. The first-order valence-corrected chi connectivity index (χ1v) is 33.0. The van der Waals surface area contributed by atoms with Gasteiger partial charge in [-0.2, -0.15) is 0 Å². The van der Waals surface area contributed by atoms with Gasteiger partial charge in [-0.3, -0.25) is 43.6 Å². The maximum Gasteiger partial charge on any atom is 0.316 e. The number of aromatic nitrogens is 1. The summed E-state index contributed by atoms with van der Waals surface area (Å²) in [5.41, 5.74) is -0.602. The fraction of sp³-hybridized carbons (Fsp3) is 0.671. The molecule has 0 unspecified atom stereocenters. The number of benzene rings is 2. The van der Waals surface area contributed by atoms with Crippen LogP contribution in [0.1, 0.15) is 143 Å². The van der Waals surface area contributed by atoms with Crippen LogP contribution in [-0.4, -0.2) is 218 Å². The molecular weight excluding hydrogens is 1180 g/mol. The molecule has 92 heavy (non-hydrogen) atoms. The summed E-state index contributed by atoms with van der Waals surface area (Å²) in [5.74, 6) is -7.11. The fourth-order valence-corrected chi connectivity index (χ4v) is 14.0. The van der Waals surface area contributed by atoms with Crippen molar-refractivity contribution in [1.29, 1.82) is 0 Å². The first-order chi connectivity index (χ1) is 43.3. The largest absolute Gasteiger partial charge is 0.459 e. The number of esters is 3. The highest BCUT2D eigenvalue weighted by atomic mass is 16.7. The Morgan fingerprint density at radius 1 is 0.891 bits per heavy atom. The lowest BCUT2D eigenvalue weighted by molar-refractivity contribution is -0.296. The van der Waals surface area contributed by atoms with E-state index in [1.807, 2.05) is 136 Å². The van der Waals surface area contributed by atoms with Gasteiger partial charge < -0.3 is 64.5 Å². The molecule has 4 aliphatic rings. The maximum absolute atomic E-state index is 14.9. The first-order valence-electron chi connectivity index (χ1n) is 33.0. The van der Waals surface area contributed by atoms with Crippen molar-refractivity contribution in [1.82, 2.24) is 35.2 Å². The van der Waals surface area contributed by atoms with E-state index in [1.54, 1.807) is 40.9 Å². The molecule has 0 radical (unpaired) electrons. The summed E-state index contributed by atoms with van der Waals surface area (Å²) in [6.45, 7) is 21.6. The van der Waals surface area contributed by atoms with Crippen molar-refractivity contribution < 1.29 is 72.9 Å². The van der Waals surface area contributed by atoms with E-state index in [9.17, 15) is 49.2 Å². The predicted molar refractivity (Wildman–Crippen MR) is 345 cm³/mol. The molecule has 6 N–H and O–H groups in total. The first kappa shape index (κ1) is 73.6. The number of ether oxygens (including phenoxy) is 5. The molecule has 3 aromatic rings. The number of aliphatic hydroxyl groups excluding tert-OH is 2. The van der Waals surface area contributed by atoms with Gasteiger partial charge in [-0.25, -0.2) is 0 Å². The van der Waals surface area contributed by atoms with Gasteiger partial charge in [0.25, 0.3) is 0 Å². The molecule has 22 heteroatoms. The van der Waals surface area contributed by atoms with Crippen LogP contribution in [0.25, 0.3) is 0 Å². The number of pyridine rings is 1. The number of nitrogens with one attached hydrogen (secondary N) is 2. The minimum absolute atomic E-state index is 0.0670. The standard InChI is InChI=1S/C70H105N7O15/c1-15-56-70(11,87)62(82)46(6)75(14)38-42(2)36-69(10,86)63(44(4)60(81)45(5)66(85)90-56)92-67-61(53(74(12)13)32-43(3)88-67)91-58(80)28-27-57(79)89-55-35-49-25-19-20-26-52(49)59(55)72-64(83)50(33-47-22-17-16-18-23-47)34-51(78)40-77-31-30-76(39-48-24-21-29-71-37-48)41-54(77)65(84)73-68(7,8)9/h16-26,29,37,42-46,50-51,53-56,59,61-63,67,78,82,86-87H,15,27-28,30-36,38-41H2,1-14H3,(H,72,83)(H,73,84)/t42-,43-,44+,45+,46-,50-,51+,53+,54+,55-,56-,59+,61-,62-,63-,67+,69-,70-/m1/s1. The number of rotatable bonds is 20. The van der Waals surface area contributed by atoms with Crippen LogP contribution in [0, 0.1) is 23.7 Å². The number of ketones is 1. The van der Waals surface area contributed by atoms with Crippen LogP contribution in [0.4, 0.5) is 0 Å². The molecule has 2 amide bonds. The summed E-state index contributed by atoms with van der Waals surface area (Å²) in [6, 6.07) is 18.5. The molecule has 3 fully saturated rings. The number of fused-ring (bicyclic) bond motifs is 1. The van der Waals surface area contributed by atoms with Gasteiger partial charge in [-0.05, 0) is 143 Å². The van der Waals surface area contributed by atoms with Crippen LogP contribution >= 0.6 is 0 Å². The van der Waals surface area contributed by atoms with Crippen LogP contribution < -0.4 is 10.6 Å². The summed E-state index contributed by atoms with van der Waals surface area (Å²) in [5, 5.41) is 54.1. The predicted octanol–water partition coefficient (Wildman–Crippen LogP) is 4.95. The Balaban J connectivity index is 1.05. The van der Waals surface area contributed by atoms with Gasteiger partial charge in [0.05, 0.1) is 48.8 Å². The molecular formula is C70H105N7O15. The van der Waals surface area contributed by atoms with Gasteiger partial charge in [0.2, 0.25) is 11.8 Å². The van der Waals surface area contributed by atoms with Crippen LogP contribution in [0.5, 0.6) is 0 Å². The highest BCUT2D eigenvalue weighted by Gasteiger charge is 2.51. The number of nitrogens with zero attached hydrogens (tertiary/aromatic N) is 5. The third-order valence-electron chi connectivity index (χ3n) is 19.0. The van der Waals surface area contributed by atoms with Crippen molar-refractivity contribution in [3.8, 4) is 0 Å². The summed E-state index contributed by atoms with van der Waals surface area (Å²) >= 11 is 0. The number of aliphatic hydroxyl groups is 4. The topological polar surface area (TPSA) is 279 Å². The molecule has 18 atom stereocenters. The molecule has 7 rings (SSSR count). The highest BCUT2D eigenvalue weighted by molar-refractivity contribution is 6.00. The number of likely N-dealkylation sites (N-methyl/N-ethyl adjacent to an activating group) is 2. The van der Waals surface area contributed by atoms with E-state index in [2.05, 4.69) is 20.5 Å². The van der Waals surface area contributed by atoms with E-state index in [1.165, 1.54) is 13.8 Å². The zero-order chi connectivity index (χ0) is 67.6. The van der Waals surface area contributed by atoms with E-state index in [0.29, 0.717) is 45.6 Å². The van der Waals surface area contributed by atoms with Gasteiger partial charge in [-0.15, -0.1) is 0 Å². The van der Waals surface area contributed by atoms with E-state index < -0.39 is 144 Å². The molecule has 0 saturated carbocycles. The summed E-state index contributed by atoms with van der Waals surface area (Å²) in [7, 11) is 5.41. The lowest BCUT2D eigenvalue weighted by Crippen LogP contribution is -2.61. The Morgan fingerprint density at radius 2 is 1.55 bits per heavy atom. The summed E-state index contributed by atoms with van der Waals surface area (Å²) in [4.78, 5) is 97.6. The summed E-state index contributed by atoms with van der Waals surface area (Å²) < 4.78 is 31.5. The molecule has 22 nitrogen and oxygen atoms in total. The number of carbonyl (C=O) groups excluding carboxylic acids is 6. The van der Waals surface area contributed by atoms with Crippen molar-refractivity contribution in [3.63, 3.8) is 0 Å². The number of cyclic esters (lactones) is 1. The fourth-order valence-electron chi connectivity index (χ4n) is 14.0. The lowest BCUT2D eigenvalue weighted by Gasteiger charge is -2.46. The number of amides is 2. The molecule has 3 saturated heterocycles. The van der Waals surface area contributed by atoms with Crippen molar-refractivity contribution in [3.05, 3.63) is 101 Å². The normalized spacial score (nSPS) is 32.3. The van der Waals surface area contributed by atoms with Crippen molar-refractivity contribution in [2.75, 3.05) is 53.9 Å². The number of carbonyl (C=O) groups is 6. The lowest BCUT2D eigenvalue weighted by atomic mass is 9.78. The Bertz CT molecular complexity index is 2930. The number of β-amino-alcohol motifs (C(OH)–C–C–N with tert-alkyl or cyclic N) is 1. The molecule has 3 aliphatic heterocycles. The minimum atomic E-state index is -1.88. The molecule has 0 bridgehead atoms. The van der Waals surface area contributed by atoms with Crippen molar-refractivity contribution >= 4 is 35.5 Å². The monoisotopic (exact) mass is 1280 g/mol. The number of hydrogen-bond acceptors (Lipinski definition) is 20. The highest BCUT2D eigenvalue weighted by Crippen LogP contribution is 2.38. The van der Waals surface area contributed by atoms with Crippen LogP contribution in [0.15, 0.2) is 79.1 Å². The minimum Gasteiger partial charge on any atom is -0.459 e. The zero-order valence-electron chi connectivity index (χ0n) is 56.7. The maximum atomic E-state index is 14.9. The number of Topliss-reactive ketones (excluding diaryl/α,β-unsaturated/α-hetero) is 1. The van der Waals surface area contributed by atoms with Gasteiger partial charge in [0.1, 0.15) is 35.9 Å². The number of piperazine rings is 1. The van der Waals surface area contributed by atoms with E-state index in [4.69, 9.17) is 23.7 Å². The molecule has 2 aromatic carbocycles. The quantitative estimate of drug-likeness (QED) is 0.0496. The Labute approximate surface area is 544 Å². The second-order valence-corrected chi connectivity index (χ2v) is 28.4. The van der Waals surface area contributed by atoms with E-state index in [-0.39, 0.29) is 50.0 Å². The third-order valence-corrected chi connectivity index (χ3v) is 19.0. The van der Waals surface area contributed by atoms with Crippen molar-refractivity contribution in [2.45, 2.75) is 224 Å². The second-order valence-electron chi connectivity index (χ2n) is 28.4. The molecule has 4 heterocycles. The molecule has 1 aromatic heterocycles. The Kier molecular flexibility index (Phi) is 25.7. The van der Waals surface area contributed by atoms with Gasteiger partial charge in [0, 0.05) is 81.5 Å². The zero-order valence-corrected chi connectivity index (χ0v) is 56.7. The Morgan fingerprint density at radius 3 is 2.21 bits per heavy atom. The average molecular weight is 1280 g/mol. The third kappa shape index (κ3) is 19.4. The summed E-state index contributed by atoms with van der Waals surface area (Å²) in [6.07, 6.45) is -4.70. The second kappa shape index (κ2) is 32.1. The molecule has 1 aliphatic carbocycles. The van der Waals surface area contributed by atoms with E-state index in [0.717, 1.165) is 22.3 Å². The smallest absolute Gasteiger partial charge is 0.316 e. The van der Waals surface area contributed by atoms with Gasteiger partial charge in [0.15, 0.2) is 18.2 Å². The van der Waals surface area contributed by atoms with Crippen molar-refractivity contribution in [2.24, 2.45) is 23.7 Å². The van der Waals surface area contributed by atoms with E-state index >= 15 is 0 Å². The SMILES string of the molecule is CC[C@H]1OC(=O)[C@@H](C)C(=O)[C@H](C)[C@@H](O[C@@H]2O[C@H](C)C[C@H](N(C)C)[C@H]2OC(=O)CCC(=O)O[C@@H]2Cc3ccccc3[C@@H]2NC(=O)[C@H](Cc2ccccc2)C[C@H](O)CN2CCN(Cc3cccnc3)C[C@H]2C(=O)NC(C)(C)C)[C@](C)(O)C[C@@H](C)CN(C)[C@H](C)[C@@H](O)[C@]1(C)O. The van der Waals surface area contributed by atoms with Gasteiger partial charge in [-0.1, -0.05) is 81.4 Å².